The molecule has 2 saturated heterocycles. The third-order valence-electron chi connectivity index (χ3n) is 4.95. The molecule has 2 aliphatic heterocycles. The molecular weight excluding hydrogens is 311 g/mol. The van der Waals surface area contributed by atoms with Crippen molar-refractivity contribution < 1.29 is 18.7 Å². The molecular formula is C18H23FN2O3. The highest BCUT2D eigenvalue weighted by molar-refractivity contribution is 5.84. The molecule has 0 radical (unpaired) electrons. The summed E-state index contributed by atoms with van der Waals surface area (Å²) in [6, 6.07) is 5.78. The SMILES string of the molecule is CN1C(=O)CC[C@H](C(=O)NC[C@H]2CCCO2)[C@H]1c1ccccc1F. The number of hydrogen-bond donors (Lipinski definition) is 1. The van der Waals surface area contributed by atoms with E-state index in [2.05, 4.69) is 5.32 Å². The van der Waals surface area contributed by atoms with Gasteiger partial charge in [0.2, 0.25) is 11.8 Å². The fourth-order valence-electron chi connectivity index (χ4n) is 3.60. The molecule has 2 heterocycles. The average Bonchev–Trinajstić information content (AvgIpc) is 3.09. The molecule has 1 N–H and O–H groups in total. The van der Waals surface area contributed by atoms with Crippen molar-refractivity contribution in [3.63, 3.8) is 0 Å². The maximum absolute atomic E-state index is 14.3. The number of halogens is 1. The first-order valence-electron chi connectivity index (χ1n) is 8.47. The molecule has 0 unspecified atom stereocenters. The highest BCUT2D eigenvalue weighted by Gasteiger charge is 2.40. The van der Waals surface area contributed by atoms with Gasteiger partial charge in [0.05, 0.1) is 18.1 Å². The van der Waals surface area contributed by atoms with E-state index in [1.54, 1.807) is 25.2 Å². The summed E-state index contributed by atoms with van der Waals surface area (Å²) in [5.41, 5.74) is 0.394. The van der Waals surface area contributed by atoms with Crippen LogP contribution in [-0.2, 0) is 14.3 Å². The average molecular weight is 334 g/mol. The van der Waals surface area contributed by atoms with Gasteiger partial charge < -0.3 is 15.0 Å². The number of hydrogen-bond acceptors (Lipinski definition) is 3. The van der Waals surface area contributed by atoms with E-state index in [1.807, 2.05) is 0 Å². The summed E-state index contributed by atoms with van der Waals surface area (Å²) in [6.07, 6.45) is 2.75. The number of ether oxygens (including phenoxy) is 1. The van der Waals surface area contributed by atoms with E-state index < -0.39 is 12.0 Å². The Morgan fingerprint density at radius 2 is 2.17 bits per heavy atom. The minimum atomic E-state index is -0.572. The quantitative estimate of drug-likeness (QED) is 0.917. The molecule has 3 atom stereocenters. The number of carbonyl (C=O) groups is 2. The van der Waals surface area contributed by atoms with Gasteiger partial charge in [0.15, 0.2) is 0 Å². The van der Waals surface area contributed by atoms with E-state index in [0.29, 0.717) is 24.9 Å². The molecule has 0 aromatic heterocycles. The first kappa shape index (κ1) is 16.9. The third kappa shape index (κ3) is 3.43. The van der Waals surface area contributed by atoms with Crippen LogP contribution in [0.15, 0.2) is 24.3 Å². The topological polar surface area (TPSA) is 58.6 Å². The Bertz CT molecular complexity index is 616. The first-order chi connectivity index (χ1) is 11.6. The molecule has 1 aromatic carbocycles. The smallest absolute Gasteiger partial charge is 0.225 e. The Labute approximate surface area is 141 Å². The van der Waals surface area contributed by atoms with Crippen LogP contribution in [0.2, 0.25) is 0 Å². The van der Waals surface area contributed by atoms with Gasteiger partial charge in [-0.25, -0.2) is 4.39 Å². The largest absolute Gasteiger partial charge is 0.376 e. The van der Waals surface area contributed by atoms with Crippen molar-refractivity contribution >= 4 is 11.8 Å². The number of likely N-dealkylation sites (tertiary alicyclic amines) is 1. The summed E-state index contributed by atoms with van der Waals surface area (Å²) in [5, 5.41) is 2.92. The second kappa shape index (κ2) is 7.30. The maximum atomic E-state index is 14.3. The number of nitrogens with one attached hydrogen (secondary N) is 1. The molecule has 130 valence electrons. The summed E-state index contributed by atoms with van der Waals surface area (Å²) in [5.74, 6) is -1.04. The van der Waals surface area contributed by atoms with Crippen molar-refractivity contribution in [2.24, 2.45) is 5.92 Å². The van der Waals surface area contributed by atoms with Crippen molar-refractivity contribution in [3.05, 3.63) is 35.6 Å². The van der Waals surface area contributed by atoms with Crippen LogP contribution in [-0.4, -0.2) is 43.0 Å². The van der Waals surface area contributed by atoms with Crippen LogP contribution in [0.1, 0.15) is 37.3 Å². The lowest BCUT2D eigenvalue weighted by molar-refractivity contribution is -0.141. The van der Waals surface area contributed by atoms with Crippen LogP contribution >= 0.6 is 0 Å². The lowest BCUT2D eigenvalue weighted by Gasteiger charge is -2.38. The number of nitrogens with zero attached hydrogens (tertiary/aromatic N) is 1. The lowest BCUT2D eigenvalue weighted by Crippen LogP contribution is -2.47. The third-order valence-corrected chi connectivity index (χ3v) is 4.95. The molecule has 0 saturated carbocycles. The zero-order valence-corrected chi connectivity index (χ0v) is 13.8. The summed E-state index contributed by atoms with van der Waals surface area (Å²) in [6.45, 7) is 1.20. The second-order valence-electron chi connectivity index (χ2n) is 6.50. The fraction of sp³-hybridized carbons (Fsp3) is 0.556. The molecule has 6 heteroatoms. The number of amides is 2. The van der Waals surface area contributed by atoms with Crippen LogP contribution in [0.25, 0.3) is 0 Å². The van der Waals surface area contributed by atoms with Crippen LogP contribution < -0.4 is 5.32 Å². The second-order valence-corrected chi connectivity index (χ2v) is 6.50. The summed E-state index contributed by atoms with van der Waals surface area (Å²) in [4.78, 5) is 26.2. The normalized spacial score (nSPS) is 27.3. The van der Waals surface area contributed by atoms with E-state index in [-0.39, 0.29) is 23.7 Å². The maximum Gasteiger partial charge on any atom is 0.225 e. The van der Waals surface area contributed by atoms with Gasteiger partial charge >= 0.3 is 0 Å². The van der Waals surface area contributed by atoms with Gasteiger partial charge in [-0.2, -0.15) is 0 Å². The summed E-state index contributed by atoms with van der Waals surface area (Å²) in [7, 11) is 1.64. The summed E-state index contributed by atoms with van der Waals surface area (Å²) >= 11 is 0. The van der Waals surface area contributed by atoms with Gasteiger partial charge in [0.1, 0.15) is 5.82 Å². The molecule has 3 rings (SSSR count). The molecule has 2 amide bonds. The summed E-state index contributed by atoms with van der Waals surface area (Å²) < 4.78 is 19.8. The first-order valence-corrected chi connectivity index (χ1v) is 8.47. The van der Waals surface area contributed by atoms with Crippen LogP contribution in [0.4, 0.5) is 4.39 Å². The van der Waals surface area contributed by atoms with Gasteiger partial charge in [-0.05, 0) is 25.3 Å². The Balaban J connectivity index is 1.77. The van der Waals surface area contributed by atoms with Crippen molar-refractivity contribution in [3.8, 4) is 0 Å². The predicted molar refractivity (Wildman–Crippen MR) is 86.6 cm³/mol. The zero-order chi connectivity index (χ0) is 17.1. The standard InChI is InChI=1S/C18H23FN2O3/c1-21-16(22)9-8-14(17(21)13-6-2-3-7-15(13)19)18(23)20-11-12-5-4-10-24-12/h2-3,6-7,12,14,17H,4-5,8-11H2,1H3,(H,20,23)/t12-,14+,17-/m1/s1. The van der Waals surface area contributed by atoms with Crippen LogP contribution in [0, 0.1) is 11.7 Å². The molecule has 0 spiro atoms. The van der Waals surface area contributed by atoms with Gasteiger partial charge in [-0.1, -0.05) is 18.2 Å². The van der Waals surface area contributed by atoms with Crippen LogP contribution in [0.3, 0.4) is 0 Å². The highest BCUT2D eigenvalue weighted by Crippen LogP contribution is 2.37. The molecule has 0 aliphatic carbocycles. The van der Waals surface area contributed by atoms with Crippen molar-refractivity contribution in [2.45, 2.75) is 37.8 Å². The van der Waals surface area contributed by atoms with Crippen molar-refractivity contribution in [1.29, 1.82) is 0 Å². The van der Waals surface area contributed by atoms with Gasteiger partial charge in [0.25, 0.3) is 0 Å². The minimum Gasteiger partial charge on any atom is -0.376 e. The molecule has 1 aromatic rings. The van der Waals surface area contributed by atoms with Crippen molar-refractivity contribution in [2.75, 3.05) is 20.2 Å². The predicted octanol–water partition coefficient (Wildman–Crippen LogP) is 2.03. The van der Waals surface area contributed by atoms with Gasteiger partial charge in [-0.3, -0.25) is 9.59 Å². The zero-order valence-electron chi connectivity index (χ0n) is 13.8. The molecule has 0 bridgehead atoms. The van der Waals surface area contributed by atoms with Gasteiger partial charge in [0, 0.05) is 32.2 Å². The fourth-order valence-corrected chi connectivity index (χ4v) is 3.60. The van der Waals surface area contributed by atoms with E-state index >= 15 is 0 Å². The lowest BCUT2D eigenvalue weighted by atomic mass is 9.83. The molecule has 5 nitrogen and oxygen atoms in total. The molecule has 2 fully saturated rings. The number of carbonyl (C=O) groups excluding carboxylic acids is 2. The van der Waals surface area contributed by atoms with Crippen LogP contribution in [0.5, 0.6) is 0 Å². The highest BCUT2D eigenvalue weighted by atomic mass is 19.1. The van der Waals surface area contributed by atoms with E-state index in [9.17, 15) is 14.0 Å². The number of rotatable bonds is 4. The minimum absolute atomic E-state index is 0.0591. The Hall–Kier alpha value is -1.95. The van der Waals surface area contributed by atoms with Gasteiger partial charge in [-0.15, -0.1) is 0 Å². The molecule has 2 aliphatic rings. The van der Waals surface area contributed by atoms with E-state index in [1.165, 1.54) is 11.0 Å². The van der Waals surface area contributed by atoms with E-state index in [4.69, 9.17) is 4.74 Å². The number of piperidine rings is 1. The van der Waals surface area contributed by atoms with Crippen molar-refractivity contribution in [1.82, 2.24) is 10.2 Å². The monoisotopic (exact) mass is 334 g/mol. The Morgan fingerprint density at radius 3 is 2.88 bits per heavy atom. The molecule has 24 heavy (non-hydrogen) atoms. The van der Waals surface area contributed by atoms with E-state index in [0.717, 1.165) is 19.4 Å². The number of benzene rings is 1. The Morgan fingerprint density at radius 1 is 1.38 bits per heavy atom. The Kier molecular flexibility index (Phi) is 5.14.